The summed E-state index contributed by atoms with van der Waals surface area (Å²) >= 11 is 6.12. The van der Waals surface area contributed by atoms with Gasteiger partial charge in [-0.2, -0.15) is 0 Å². The molecule has 1 aromatic heterocycles. The van der Waals surface area contributed by atoms with E-state index >= 15 is 0 Å². The Morgan fingerprint density at radius 1 is 1.05 bits per heavy atom. The molecule has 4 rings (SSSR count). The molecule has 206 valence electrons. The van der Waals surface area contributed by atoms with Crippen LogP contribution in [0.15, 0.2) is 36.7 Å². The van der Waals surface area contributed by atoms with Gasteiger partial charge in [0, 0.05) is 44.7 Å². The van der Waals surface area contributed by atoms with Crippen molar-refractivity contribution < 1.29 is 4.79 Å². The summed E-state index contributed by atoms with van der Waals surface area (Å²) in [5.41, 5.74) is 3.40. The second kappa shape index (κ2) is 14.1. The van der Waals surface area contributed by atoms with E-state index in [-0.39, 0.29) is 5.91 Å². The maximum atomic E-state index is 12.7. The molecule has 1 N–H and O–H groups in total. The van der Waals surface area contributed by atoms with Crippen molar-refractivity contribution >= 4 is 23.1 Å². The molecule has 1 saturated carbocycles. The highest BCUT2D eigenvalue weighted by molar-refractivity contribution is 7.80. The number of carbonyl (C=O) groups excluding carboxylic acids is 1. The van der Waals surface area contributed by atoms with Crippen LogP contribution >= 0.6 is 12.2 Å². The van der Waals surface area contributed by atoms with Crippen molar-refractivity contribution in [3.63, 3.8) is 0 Å². The van der Waals surface area contributed by atoms with Crippen LogP contribution in [0.4, 0.5) is 0 Å². The second-order valence-electron chi connectivity index (χ2n) is 11.3. The summed E-state index contributed by atoms with van der Waals surface area (Å²) < 4.78 is 0. The number of likely N-dealkylation sites (tertiary alicyclic amines) is 1. The van der Waals surface area contributed by atoms with Gasteiger partial charge in [0.1, 0.15) is 6.33 Å². The highest BCUT2D eigenvalue weighted by Crippen LogP contribution is 2.29. The van der Waals surface area contributed by atoms with Crippen LogP contribution in [0, 0.1) is 19.8 Å². The SMILES string of the molecule is Cc1ncnc(C)c1C(=O)NCCC(C)N1CCC(N(Cc2ccccc2)C(=S)CC2CCCCC2)CC1. The van der Waals surface area contributed by atoms with E-state index in [0.29, 0.717) is 24.2 Å². The number of hydrogen-bond acceptors (Lipinski definition) is 5. The number of piperidine rings is 1. The van der Waals surface area contributed by atoms with E-state index in [1.54, 1.807) is 0 Å². The molecule has 2 heterocycles. The van der Waals surface area contributed by atoms with Crippen molar-refractivity contribution in [2.75, 3.05) is 19.6 Å². The monoisotopic (exact) mass is 535 g/mol. The number of nitrogens with one attached hydrogen (secondary N) is 1. The van der Waals surface area contributed by atoms with Crippen molar-refractivity contribution in [1.82, 2.24) is 25.1 Å². The lowest BCUT2D eigenvalue weighted by molar-refractivity contribution is 0.0934. The van der Waals surface area contributed by atoms with Gasteiger partial charge in [-0.25, -0.2) is 9.97 Å². The lowest BCUT2D eigenvalue weighted by Crippen LogP contribution is -2.49. The lowest BCUT2D eigenvalue weighted by Gasteiger charge is -2.42. The Balaban J connectivity index is 1.28. The number of amides is 1. The van der Waals surface area contributed by atoms with E-state index in [0.717, 1.165) is 62.6 Å². The molecule has 0 bridgehead atoms. The maximum Gasteiger partial charge on any atom is 0.254 e. The minimum atomic E-state index is -0.0745. The van der Waals surface area contributed by atoms with Crippen LogP contribution in [0.25, 0.3) is 0 Å². The summed E-state index contributed by atoms with van der Waals surface area (Å²) in [5, 5.41) is 3.09. The Labute approximate surface area is 234 Å². The van der Waals surface area contributed by atoms with Gasteiger partial charge in [-0.15, -0.1) is 0 Å². The molecule has 1 aromatic carbocycles. The smallest absolute Gasteiger partial charge is 0.254 e. The van der Waals surface area contributed by atoms with Crippen LogP contribution in [0.5, 0.6) is 0 Å². The van der Waals surface area contributed by atoms with Gasteiger partial charge in [0.05, 0.1) is 21.9 Å². The van der Waals surface area contributed by atoms with Gasteiger partial charge in [0.15, 0.2) is 0 Å². The molecule has 1 aliphatic carbocycles. The van der Waals surface area contributed by atoms with Crippen LogP contribution in [0.3, 0.4) is 0 Å². The van der Waals surface area contributed by atoms with E-state index in [9.17, 15) is 4.79 Å². The molecule has 7 heteroatoms. The molecule has 0 radical (unpaired) electrons. The average molecular weight is 536 g/mol. The van der Waals surface area contributed by atoms with E-state index in [4.69, 9.17) is 12.2 Å². The summed E-state index contributed by atoms with van der Waals surface area (Å²) in [6.45, 7) is 9.71. The molecule has 0 spiro atoms. The molecular weight excluding hydrogens is 490 g/mol. The number of nitrogens with zero attached hydrogens (tertiary/aromatic N) is 4. The van der Waals surface area contributed by atoms with E-state index in [1.807, 2.05) is 13.8 Å². The molecular formula is C31H45N5OS. The molecule has 2 aliphatic rings. The third-order valence-electron chi connectivity index (χ3n) is 8.57. The number of hydrogen-bond donors (Lipinski definition) is 1. The Morgan fingerprint density at radius 2 is 1.71 bits per heavy atom. The molecule has 2 aromatic rings. The largest absolute Gasteiger partial charge is 0.359 e. The summed E-state index contributed by atoms with van der Waals surface area (Å²) in [7, 11) is 0. The summed E-state index contributed by atoms with van der Waals surface area (Å²) in [6, 6.07) is 11.7. The Bertz CT molecular complexity index is 1030. The first kappa shape index (κ1) is 28.6. The van der Waals surface area contributed by atoms with Crippen molar-refractivity contribution in [1.29, 1.82) is 0 Å². The van der Waals surface area contributed by atoms with Gasteiger partial charge < -0.3 is 15.1 Å². The number of carbonyl (C=O) groups is 1. The van der Waals surface area contributed by atoms with Gasteiger partial charge in [-0.05, 0) is 51.5 Å². The number of aromatic nitrogens is 2. The summed E-state index contributed by atoms with van der Waals surface area (Å²) in [6.07, 6.45) is 12.6. The first-order valence-corrected chi connectivity index (χ1v) is 15.0. The summed E-state index contributed by atoms with van der Waals surface area (Å²) in [4.78, 5) is 27.4. The second-order valence-corrected chi connectivity index (χ2v) is 11.8. The van der Waals surface area contributed by atoms with Crippen LogP contribution in [-0.4, -0.2) is 62.4 Å². The van der Waals surface area contributed by atoms with E-state index < -0.39 is 0 Å². The van der Waals surface area contributed by atoms with Gasteiger partial charge in [-0.3, -0.25) is 4.79 Å². The molecule has 38 heavy (non-hydrogen) atoms. The van der Waals surface area contributed by atoms with Crippen LogP contribution < -0.4 is 5.32 Å². The minimum Gasteiger partial charge on any atom is -0.359 e. The van der Waals surface area contributed by atoms with Crippen molar-refractivity contribution in [3.8, 4) is 0 Å². The zero-order valence-corrected chi connectivity index (χ0v) is 24.3. The molecule has 1 atom stereocenters. The molecule has 6 nitrogen and oxygen atoms in total. The zero-order chi connectivity index (χ0) is 26.9. The zero-order valence-electron chi connectivity index (χ0n) is 23.5. The predicted molar refractivity (Wildman–Crippen MR) is 158 cm³/mol. The number of aryl methyl sites for hydroxylation is 2. The maximum absolute atomic E-state index is 12.7. The quantitative estimate of drug-likeness (QED) is 0.384. The third-order valence-corrected chi connectivity index (χ3v) is 8.97. The summed E-state index contributed by atoms with van der Waals surface area (Å²) in [5.74, 6) is 0.689. The fourth-order valence-corrected chi connectivity index (χ4v) is 6.63. The van der Waals surface area contributed by atoms with Crippen LogP contribution in [0.1, 0.15) is 92.0 Å². The number of benzene rings is 1. The minimum absolute atomic E-state index is 0.0745. The molecule has 1 aliphatic heterocycles. The van der Waals surface area contributed by atoms with Crippen LogP contribution in [0.2, 0.25) is 0 Å². The van der Waals surface area contributed by atoms with Crippen molar-refractivity contribution in [2.45, 2.75) is 97.2 Å². The van der Waals surface area contributed by atoms with Gasteiger partial charge >= 0.3 is 0 Å². The normalized spacial score (nSPS) is 18.2. The average Bonchev–Trinajstić information content (AvgIpc) is 2.93. The predicted octanol–water partition coefficient (Wildman–Crippen LogP) is 5.87. The fourth-order valence-electron chi connectivity index (χ4n) is 6.18. The number of rotatable bonds is 10. The highest BCUT2D eigenvalue weighted by atomic mass is 32.1. The highest BCUT2D eigenvalue weighted by Gasteiger charge is 2.29. The van der Waals surface area contributed by atoms with E-state index in [2.05, 4.69) is 62.3 Å². The third kappa shape index (κ3) is 7.82. The van der Waals surface area contributed by atoms with Gasteiger partial charge in [0.25, 0.3) is 5.91 Å². The number of thiocarbonyl (C=S) groups is 1. The van der Waals surface area contributed by atoms with Crippen LogP contribution in [-0.2, 0) is 6.54 Å². The van der Waals surface area contributed by atoms with Gasteiger partial charge in [-0.1, -0.05) is 74.7 Å². The molecule has 2 fully saturated rings. The molecule has 1 amide bonds. The first-order chi connectivity index (χ1) is 18.4. The Hall–Kier alpha value is -2.38. The Kier molecular flexibility index (Phi) is 10.6. The topological polar surface area (TPSA) is 61.4 Å². The molecule has 1 unspecified atom stereocenters. The van der Waals surface area contributed by atoms with Crippen molar-refractivity contribution in [3.05, 3.63) is 59.2 Å². The Morgan fingerprint density at radius 3 is 2.37 bits per heavy atom. The fraction of sp³-hybridized carbons (Fsp3) is 0.613. The molecule has 1 saturated heterocycles. The van der Waals surface area contributed by atoms with E-state index in [1.165, 1.54) is 49.0 Å². The van der Waals surface area contributed by atoms with Gasteiger partial charge in [0.2, 0.25) is 0 Å². The standard InChI is InChI=1S/C31H45N5OS/c1-23(14-17-32-31(37)30-24(2)33-22-34-25(30)3)35-18-15-28(16-19-35)36(21-27-12-8-5-9-13-27)29(38)20-26-10-6-4-7-11-26/h5,8-9,12-13,22-23,26,28H,4,6-7,10-11,14-21H2,1-3H3,(H,32,37). The van der Waals surface area contributed by atoms with Crippen molar-refractivity contribution in [2.24, 2.45) is 5.92 Å². The first-order valence-electron chi connectivity index (χ1n) is 14.6. The lowest BCUT2D eigenvalue weighted by atomic mass is 9.86.